The van der Waals surface area contributed by atoms with Gasteiger partial charge in [-0.15, -0.1) is 0 Å². The summed E-state index contributed by atoms with van der Waals surface area (Å²) >= 11 is 4.86. The van der Waals surface area contributed by atoms with Crippen LogP contribution in [0.5, 0.6) is 0 Å². The number of benzene rings is 1. The SMILES string of the molecule is CCCC(C)COCCS(=O)(=O)c1cccc(C(N)=S)c1. The van der Waals surface area contributed by atoms with Crippen molar-refractivity contribution < 1.29 is 13.2 Å². The number of rotatable bonds is 9. The van der Waals surface area contributed by atoms with Crippen molar-refractivity contribution in [2.75, 3.05) is 19.0 Å². The van der Waals surface area contributed by atoms with Crippen molar-refractivity contribution in [1.29, 1.82) is 0 Å². The van der Waals surface area contributed by atoms with Crippen LogP contribution in [0.1, 0.15) is 32.3 Å². The van der Waals surface area contributed by atoms with Crippen LogP contribution < -0.4 is 5.73 Å². The maximum absolute atomic E-state index is 12.2. The molecule has 0 amide bonds. The molecule has 0 radical (unpaired) electrons. The highest BCUT2D eigenvalue weighted by molar-refractivity contribution is 7.91. The first-order valence-electron chi connectivity index (χ1n) is 7.07. The fourth-order valence-corrected chi connectivity index (χ4v) is 3.28. The molecule has 6 heteroatoms. The fourth-order valence-electron chi connectivity index (χ4n) is 1.99. The Bertz CT molecular complexity index is 570. The molecule has 0 aromatic heterocycles. The Morgan fingerprint density at radius 3 is 2.76 bits per heavy atom. The van der Waals surface area contributed by atoms with E-state index < -0.39 is 9.84 Å². The third-order valence-corrected chi connectivity index (χ3v) is 5.07. The van der Waals surface area contributed by atoms with Gasteiger partial charge in [-0.25, -0.2) is 8.42 Å². The van der Waals surface area contributed by atoms with Gasteiger partial charge in [-0.1, -0.05) is 44.6 Å². The van der Waals surface area contributed by atoms with Gasteiger partial charge in [0, 0.05) is 12.2 Å². The van der Waals surface area contributed by atoms with Crippen LogP contribution in [0.25, 0.3) is 0 Å². The van der Waals surface area contributed by atoms with Gasteiger partial charge in [-0.3, -0.25) is 0 Å². The second kappa shape index (κ2) is 8.46. The molecular weight excluding hydrogens is 306 g/mol. The van der Waals surface area contributed by atoms with Crippen LogP contribution in [-0.2, 0) is 14.6 Å². The minimum absolute atomic E-state index is 0.0351. The first-order valence-corrected chi connectivity index (χ1v) is 9.13. The Hall–Kier alpha value is -0.980. The zero-order valence-electron chi connectivity index (χ0n) is 12.5. The maximum atomic E-state index is 12.2. The van der Waals surface area contributed by atoms with E-state index in [0.717, 1.165) is 12.8 Å². The van der Waals surface area contributed by atoms with E-state index >= 15 is 0 Å². The molecule has 2 N–H and O–H groups in total. The quantitative estimate of drug-likeness (QED) is 0.557. The molecule has 1 atom stereocenters. The molecule has 1 rings (SSSR count). The molecule has 0 saturated carbocycles. The first-order chi connectivity index (χ1) is 9.86. The summed E-state index contributed by atoms with van der Waals surface area (Å²) in [5.41, 5.74) is 6.08. The molecule has 21 heavy (non-hydrogen) atoms. The Labute approximate surface area is 132 Å². The summed E-state index contributed by atoms with van der Waals surface area (Å²) in [5.74, 6) is 0.419. The molecule has 1 aromatic rings. The molecule has 0 aliphatic rings. The van der Waals surface area contributed by atoms with Crippen LogP contribution in [0.3, 0.4) is 0 Å². The van der Waals surface area contributed by atoms with Gasteiger partial charge in [0.15, 0.2) is 9.84 Å². The second-order valence-electron chi connectivity index (χ2n) is 5.18. The predicted octanol–water partition coefficient (Wildman–Crippen LogP) is 2.55. The van der Waals surface area contributed by atoms with Crippen LogP contribution >= 0.6 is 12.2 Å². The monoisotopic (exact) mass is 329 g/mol. The molecule has 118 valence electrons. The van der Waals surface area contributed by atoms with Crippen LogP contribution in [-0.4, -0.2) is 32.4 Å². The summed E-state index contributed by atoms with van der Waals surface area (Å²) in [7, 11) is -3.37. The summed E-state index contributed by atoms with van der Waals surface area (Å²) in [6.45, 7) is 5.02. The molecule has 1 unspecified atom stereocenters. The number of hydrogen-bond acceptors (Lipinski definition) is 4. The summed E-state index contributed by atoms with van der Waals surface area (Å²) in [6.07, 6.45) is 2.19. The molecule has 0 saturated heterocycles. The standard InChI is InChI=1S/C15H23NO3S2/c1-3-5-12(2)11-19-8-9-21(17,18)14-7-4-6-13(10-14)15(16)20/h4,6-7,10,12H,3,5,8-9,11H2,1-2H3,(H2,16,20). The van der Waals surface area contributed by atoms with Gasteiger partial charge < -0.3 is 10.5 Å². The minimum Gasteiger partial charge on any atom is -0.389 e. The highest BCUT2D eigenvalue weighted by atomic mass is 32.2. The number of thiocarbonyl (C=S) groups is 1. The third-order valence-electron chi connectivity index (χ3n) is 3.16. The lowest BCUT2D eigenvalue weighted by atomic mass is 10.1. The first kappa shape index (κ1) is 18.1. The zero-order valence-corrected chi connectivity index (χ0v) is 14.2. The summed E-state index contributed by atoms with van der Waals surface area (Å²) in [5, 5.41) is 0. The van der Waals surface area contributed by atoms with Crippen LogP contribution in [0.2, 0.25) is 0 Å². The summed E-state index contributed by atoms with van der Waals surface area (Å²) in [4.78, 5) is 0.426. The minimum atomic E-state index is -3.37. The summed E-state index contributed by atoms with van der Waals surface area (Å²) in [6, 6.07) is 6.41. The van der Waals surface area contributed by atoms with E-state index in [4.69, 9.17) is 22.7 Å². The van der Waals surface area contributed by atoms with Crippen molar-refractivity contribution in [3.63, 3.8) is 0 Å². The van der Waals surface area contributed by atoms with Crippen molar-refractivity contribution in [3.8, 4) is 0 Å². The smallest absolute Gasteiger partial charge is 0.180 e. The average Bonchev–Trinajstić information content (AvgIpc) is 2.44. The topological polar surface area (TPSA) is 69.4 Å². The van der Waals surface area contributed by atoms with E-state index in [1.807, 2.05) is 0 Å². The van der Waals surface area contributed by atoms with E-state index in [9.17, 15) is 8.42 Å². The van der Waals surface area contributed by atoms with Crippen molar-refractivity contribution in [3.05, 3.63) is 29.8 Å². The number of hydrogen-bond donors (Lipinski definition) is 1. The lowest BCUT2D eigenvalue weighted by Crippen LogP contribution is -2.16. The Kier molecular flexibility index (Phi) is 7.28. The van der Waals surface area contributed by atoms with Crippen molar-refractivity contribution >= 4 is 27.0 Å². The van der Waals surface area contributed by atoms with E-state index in [-0.39, 0.29) is 22.2 Å². The van der Waals surface area contributed by atoms with Gasteiger partial charge in [-0.05, 0) is 24.5 Å². The van der Waals surface area contributed by atoms with Crippen molar-refractivity contribution in [1.82, 2.24) is 0 Å². The van der Waals surface area contributed by atoms with Gasteiger partial charge in [0.25, 0.3) is 0 Å². The van der Waals surface area contributed by atoms with Crippen LogP contribution in [0.4, 0.5) is 0 Å². The molecule has 0 bridgehead atoms. The maximum Gasteiger partial charge on any atom is 0.180 e. The molecule has 0 fully saturated rings. The molecule has 1 aromatic carbocycles. The molecule has 0 aliphatic heterocycles. The lowest BCUT2D eigenvalue weighted by molar-refractivity contribution is 0.114. The van der Waals surface area contributed by atoms with Crippen molar-refractivity contribution in [2.24, 2.45) is 11.7 Å². The fraction of sp³-hybridized carbons (Fsp3) is 0.533. The summed E-state index contributed by atoms with van der Waals surface area (Å²) < 4.78 is 29.9. The van der Waals surface area contributed by atoms with Crippen molar-refractivity contribution in [2.45, 2.75) is 31.6 Å². The number of sulfone groups is 1. The highest BCUT2D eigenvalue weighted by Gasteiger charge is 2.15. The molecule has 0 heterocycles. The third kappa shape index (κ3) is 6.11. The Morgan fingerprint density at radius 2 is 2.14 bits per heavy atom. The number of ether oxygens (including phenoxy) is 1. The van der Waals surface area contributed by atoms with E-state index in [0.29, 0.717) is 18.1 Å². The second-order valence-corrected chi connectivity index (χ2v) is 7.73. The lowest BCUT2D eigenvalue weighted by Gasteiger charge is -2.11. The van der Waals surface area contributed by atoms with Gasteiger partial charge in [0.1, 0.15) is 4.99 Å². The van der Waals surface area contributed by atoms with Gasteiger partial charge >= 0.3 is 0 Å². The Balaban J connectivity index is 2.58. The largest absolute Gasteiger partial charge is 0.389 e. The molecule has 4 nitrogen and oxygen atoms in total. The molecule has 0 spiro atoms. The average molecular weight is 329 g/mol. The zero-order chi connectivity index (χ0) is 15.9. The molecular formula is C15H23NO3S2. The van der Waals surface area contributed by atoms with E-state index in [1.54, 1.807) is 18.2 Å². The van der Waals surface area contributed by atoms with Gasteiger partial charge in [0.05, 0.1) is 17.3 Å². The van der Waals surface area contributed by atoms with E-state index in [2.05, 4.69) is 13.8 Å². The predicted molar refractivity (Wildman–Crippen MR) is 89.3 cm³/mol. The van der Waals surface area contributed by atoms with Gasteiger partial charge in [0.2, 0.25) is 0 Å². The molecule has 0 aliphatic carbocycles. The van der Waals surface area contributed by atoms with Crippen LogP contribution in [0.15, 0.2) is 29.2 Å². The Morgan fingerprint density at radius 1 is 1.43 bits per heavy atom. The van der Waals surface area contributed by atoms with E-state index in [1.165, 1.54) is 6.07 Å². The highest BCUT2D eigenvalue weighted by Crippen LogP contribution is 2.14. The van der Waals surface area contributed by atoms with Crippen LogP contribution in [0, 0.1) is 5.92 Å². The van der Waals surface area contributed by atoms with Gasteiger partial charge in [-0.2, -0.15) is 0 Å². The number of nitrogens with two attached hydrogens (primary N) is 1. The normalized spacial score (nSPS) is 13.0.